The van der Waals surface area contributed by atoms with E-state index in [4.69, 9.17) is 4.74 Å². The highest BCUT2D eigenvalue weighted by Gasteiger charge is 2.27. The first-order chi connectivity index (χ1) is 13.3. The molecule has 5 nitrogen and oxygen atoms in total. The van der Waals surface area contributed by atoms with Crippen molar-refractivity contribution in [1.82, 2.24) is 0 Å². The highest BCUT2D eigenvalue weighted by atomic mass is 19.1. The minimum absolute atomic E-state index is 0.295. The second kappa shape index (κ2) is 8.00. The number of carbonyl (C=O) groups is 1. The molecule has 0 radical (unpaired) electrons. The number of Topliss-reactive ketones (excluding diaryl/α,β-unsaturated/α-hetero) is 1. The van der Waals surface area contributed by atoms with Crippen molar-refractivity contribution < 1.29 is 18.8 Å². The first-order valence-corrected chi connectivity index (χ1v) is 8.63. The van der Waals surface area contributed by atoms with Gasteiger partial charge in [0.25, 0.3) is 0 Å². The van der Waals surface area contributed by atoms with Gasteiger partial charge in [-0.15, -0.1) is 0 Å². The minimum Gasteiger partial charge on any atom is -0.470 e. The van der Waals surface area contributed by atoms with Crippen molar-refractivity contribution in [3.8, 4) is 5.75 Å². The topological polar surface area (TPSA) is 69.4 Å². The fourth-order valence-electron chi connectivity index (χ4n) is 2.74. The number of nitrogens with zero attached hydrogens (tertiary/aromatic N) is 1. The summed E-state index contributed by atoms with van der Waals surface area (Å²) in [4.78, 5) is 23.7. The summed E-state index contributed by atoms with van der Waals surface area (Å²) < 4.78 is 19.4. The number of nitro benzene ring substituents is 1. The van der Waals surface area contributed by atoms with E-state index < -0.39 is 22.5 Å². The van der Waals surface area contributed by atoms with Crippen LogP contribution in [0.5, 0.6) is 5.75 Å². The lowest BCUT2D eigenvalue weighted by Crippen LogP contribution is -2.20. The van der Waals surface area contributed by atoms with Crippen molar-refractivity contribution >= 4 is 11.5 Å². The lowest BCUT2D eigenvalue weighted by Gasteiger charge is -2.19. The second-order valence-electron chi connectivity index (χ2n) is 6.51. The first-order valence-electron chi connectivity index (χ1n) is 8.63. The Hall–Kier alpha value is -3.54. The molecule has 0 aromatic heterocycles. The molecule has 0 heterocycles. The second-order valence-corrected chi connectivity index (χ2v) is 6.51. The van der Waals surface area contributed by atoms with E-state index in [0.717, 1.165) is 29.3 Å². The van der Waals surface area contributed by atoms with Gasteiger partial charge >= 0.3 is 5.69 Å². The number of hydrogen-bond donors (Lipinski definition) is 0. The molecular weight excluding hydrogens is 361 g/mol. The summed E-state index contributed by atoms with van der Waals surface area (Å²) in [5.41, 5.74) is 2.49. The highest BCUT2D eigenvalue weighted by molar-refractivity contribution is 6.00. The molecule has 0 aliphatic rings. The molecule has 6 heteroatoms. The predicted octanol–water partition coefficient (Wildman–Crippen LogP) is 5.35. The molecule has 0 amide bonds. The van der Waals surface area contributed by atoms with E-state index in [1.807, 2.05) is 26.0 Å². The SMILES string of the molecule is Cc1ccc(C(=O)[C@H](Oc2cc(F)ccc2[N+](=O)[O-])c2ccc(C)cc2)cc1. The van der Waals surface area contributed by atoms with Crippen LogP contribution in [0, 0.1) is 29.8 Å². The van der Waals surface area contributed by atoms with Gasteiger partial charge in [0.2, 0.25) is 11.5 Å². The van der Waals surface area contributed by atoms with Crippen LogP contribution in [0.25, 0.3) is 0 Å². The van der Waals surface area contributed by atoms with Crippen LogP contribution in [-0.2, 0) is 0 Å². The number of ketones is 1. The molecule has 1 atom stereocenters. The van der Waals surface area contributed by atoms with Crippen LogP contribution in [0.3, 0.4) is 0 Å². The highest BCUT2D eigenvalue weighted by Crippen LogP contribution is 2.33. The Morgan fingerprint density at radius 3 is 2.11 bits per heavy atom. The van der Waals surface area contributed by atoms with Gasteiger partial charge in [-0.05, 0) is 19.9 Å². The molecule has 28 heavy (non-hydrogen) atoms. The maximum absolute atomic E-state index is 13.7. The van der Waals surface area contributed by atoms with Crippen LogP contribution in [0.1, 0.15) is 33.2 Å². The van der Waals surface area contributed by atoms with Crippen molar-refractivity contribution in [3.05, 3.63) is 105 Å². The average molecular weight is 379 g/mol. The normalized spacial score (nSPS) is 11.7. The summed E-state index contributed by atoms with van der Waals surface area (Å²) in [6.07, 6.45) is -1.15. The van der Waals surface area contributed by atoms with E-state index in [0.29, 0.717) is 11.1 Å². The molecule has 0 N–H and O–H groups in total. The zero-order valence-corrected chi connectivity index (χ0v) is 15.4. The van der Waals surface area contributed by atoms with Gasteiger partial charge in [-0.2, -0.15) is 0 Å². The van der Waals surface area contributed by atoms with E-state index >= 15 is 0 Å². The molecule has 0 fully saturated rings. The third kappa shape index (κ3) is 4.23. The number of ether oxygens (including phenoxy) is 1. The molecule has 0 aliphatic heterocycles. The Morgan fingerprint density at radius 1 is 0.964 bits per heavy atom. The zero-order chi connectivity index (χ0) is 20.3. The Kier molecular flexibility index (Phi) is 5.49. The van der Waals surface area contributed by atoms with Crippen molar-refractivity contribution in [2.45, 2.75) is 20.0 Å². The fraction of sp³-hybridized carbons (Fsp3) is 0.136. The van der Waals surface area contributed by atoms with E-state index in [-0.39, 0.29) is 11.5 Å². The minimum atomic E-state index is -1.15. The van der Waals surface area contributed by atoms with Crippen LogP contribution < -0.4 is 4.74 Å². The molecule has 3 aromatic rings. The van der Waals surface area contributed by atoms with E-state index in [1.165, 1.54) is 0 Å². The largest absolute Gasteiger partial charge is 0.470 e. The van der Waals surface area contributed by atoms with Gasteiger partial charge in [0.05, 0.1) is 4.92 Å². The van der Waals surface area contributed by atoms with Crippen LogP contribution in [0.2, 0.25) is 0 Å². The maximum atomic E-state index is 13.7. The van der Waals surface area contributed by atoms with Gasteiger partial charge in [-0.25, -0.2) is 4.39 Å². The number of aryl methyl sites for hydroxylation is 2. The number of hydrogen-bond acceptors (Lipinski definition) is 4. The molecular formula is C22H18FNO4. The lowest BCUT2D eigenvalue weighted by atomic mass is 9.98. The van der Waals surface area contributed by atoms with Crippen LogP contribution in [-0.4, -0.2) is 10.7 Å². The molecule has 0 aliphatic carbocycles. The molecule has 0 saturated carbocycles. The maximum Gasteiger partial charge on any atom is 0.311 e. The monoisotopic (exact) mass is 379 g/mol. The third-order valence-corrected chi connectivity index (χ3v) is 4.32. The van der Waals surface area contributed by atoms with Gasteiger partial charge in [0.1, 0.15) is 5.82 Å². The smallest absolute Gasteiger partial charge is 0.311 e. The molecule has 0 saturated heterocycles. The van der Waals surface area contributed by atoms with Crippen LogP contribution >= 0.6 is 0 Å². The molecule has 3 aromatic carbocycles. The van der Waals surface area contributed by atoms with Crippen molar-refractivity contribution in [3.63, 3.8) is 0 Å². The summed E-state index contributed by atoms with van der Waals surface area (Å²) in [5, 5.41) is 11.3. The van der Waals surface area contributed by atoms with E-state index in [2.05, 4.69) is 0 Å². The van der Waals surface area contributed by atoms with Gasteiger partial charge in [-0.1, -0.05) is 59.7 Å². The average Bonchev–Trinajstić information content (AvgIpc) is 2.67. The number of carbonyl (C=O) groups excluding carboxylic acids is 1. The Labute approximate surface area is 161 Å². The number of halogens is 1. The summed E-state index contributed by atoms with van der Waals surface area (Å²) in [6.45, 7) is 3.80. The van der Waals surface area contributed by atoms with Gasteiger partial charge in [-0.3, -0.25) is 14.9 Å². The van der Waals surface area contributed by atoms with Crippen molar-refractivity contribution in [1.29, 1.82) is 0 Å². The molecule has 142 valence electrons. The lowest BCUT2D eigenvalue weighted by molar-refractivity contribution is -0.386. The molecule has 0 bridgehead atoms. The van der Waals surface area contributed by atoms with Gasteiger partial charge in [0, 0.05) is 23.3 Å². The number of rotatable bonds is 6. The quantitative estimate of drug-likeness (QED) is 0.329. The van der Waals surface area contributed by atoms with Gasteiger partial charge in [0.15, 0.2) is 6.10 Å². The molecule has 3 rings (SSSR count). The number of benzene rings is 3. The standard InChI is InChI=1S/C22H18FNO4/c1-14-3-7-16(8-4-14)21(25)22(17-9-5-15(2)6-10-17)28-20-13-18(23)11-12-19(20)24(26)27/h3-13,22H,1-2H3/t22-/m1/s1. The van der Waals surface area contributed by atoms with Crippen LogP contribution in [0.15, 0.2) is 66.7 Å². The Morgan fingerprint density at radius 2 is 1.54 bits per heavy atom. The fourth-order valence-corrected chi connectivity index (χ4v) is 2.74. The van der Waals surface area contributed by atoms with Crippen molar-refractivity contribution in [2.24, 2.45) is 0 Å². The third-order valence-electron chi connectivity index (χ3n) is 4.32. The summed E-state index contributed by atoms with van der Waals surface area (Å²) in [7, 11) is 0. The van der Waals surface area contributed by atoms with E-state index in [1.54, 1.807) is 36.4 Å². The first kappa shape index (κ1) is 19.2. The Bertz CT molecular complexity index is 1010. The zero-order valence-electron chi connectivity index (χ0n) is 15.4. The summed E-state index contributed by atoms with van der Waals surface area (Å²) in [5.74, 6) is -1.36. The molecule has 0 unspecified atom stereocenters. The molecule has 0 spiro atoms. The Balaban J connectivity index is 2.05. The van der Waals surface area contributed by atoms with Gasteiger partial charge < -0.3 is 4.74 Å². The summed E-state index contributed by atoms with van der Waals surface area (Å²) in [6, 6.07) is 16.9. The predicted molar refractivity (Wildman–Crippen MR) is 103 cm³/mol. The van der Waals surface area contributed by atoms with Crippen LogP contribution in [0.4, 0.5) is 10.1 Å². The van der Waals surface area contributed by atoms with E-state index in [9.17, 15) is 19.3 Å². The number of nitro groups is 1. The van der Waals surface area contributed by atoms with Crippen molar-refractivity contribution in [2.75, 3.05) is 0 Å². The summed E-state index contributed by atoms with van der Waals surface area (Å²) >= 11 is 0.